The van der Waals surface area contributed by atoms with Gasteiger partial charge in [-0.25, -0.2) is 4.39 Å². The Hall–Kier alpha value is -0.930. The minimum absolute atomic E-state index is 0.0553. The number of ether oxygens (including phenoxy) is 1. The van der Waals surface area contributed by atoms with E-state index in [4.69, 9.17) is 4.74 Å². The van der Waals surface area contributed by atoms with E-state index in [0.717, 1.165) is 25.0 Å². The van der Waals surface area contributed by atoms with Crippen molar-refractivity contribution in [2.45, 2.75) is 58.2 Å². The van der Waals surface area contributed by atoms with Crippen LogP contribution < -0.4 is 5.32 Å². The second-order valence-electron chi connectivity index (χ2n) is 6.74. The summed E-state index contributed by atoms with van der Waals surface area (Å²) in [5.41, 5.74) is 1.10. The van der Waals surface area contributed by atoms with E-state index < -0.39 is 0 Å². The topological polar surface area (TPSA) is 21.3 Å². The molecule has 3 heteroatoms. The molecule has 1 aromatic carbocycles. The molecule has 1 aliphatic rings. The van der Waals surface area contributed by atoms with Crippen LogP contribution in [0.15, 0.2) is 24.3 Å². The molecule has 20 heavy (non-hydrogen) atoms. The Labute approximate surface area is 121 Å². The number of hydrogen-bond acceptors (Lipinski definition) is 2. The summed E-state index contributed by atoms with van der Waals surface area (Å²) in [7, 11) is 0. The maximum atomic E-state index is 13.1. The number of nitrogens with one attached hydrogen (secondary N) is 1. The van der Waals surface area contributed by atoms with Crippen LogP contribution in [0.1, 0.15) is 52.1 Å². The SMILES string of the molecule is CC(C)C(NC1CCOC(C)(C)C1)c1ccc(F)cc1. The third kappa shape index (κ3) is 4.03. The van der Waals surface area contributed by atoms with Gasteiger partial charge in [-0.2, -0.15) is 0 Å². The van der Waals surface area contributed by atoms with Crippen LogP contribution in [0.25, 0.3) is 0 Å². The molecule has 1 aromatic rings. The van der Waals surface area contributed by atoms with Gasteiger partial charge >= 0.3 is 0 Å². The molecule has 0 aliphatic carbocycles. The van der Waals surface area contributed by atoms with Gasteiger partial charge in [-0.1, -0.05) is 26.0 Å². The predicted octanol–water partition coefficient (Wildman–Crippen LogP) is 4.07. The second-order valence-corrected chi connectivity index (χ2v) is 6.74. The monoisotopic (exact) mass is 279 g/mol. The normalized spacial score (nSPS) is 23.8. The lowest BCUT2D eigenvalue weighted by atomic mass is 9.90. The Morgan fingerprint density at radius 2 is 1.90 bits per heavy atom. The van der Waals surface area contributed by atoms with E-state index in [1.165, 1.54) is 0 Å². The van der Waals surface area contributed by atoms with Gasteiger partial charge in [0.1, 0.15) is 5.82 Å². The largest absolute Gasteiger partial charge is 0.375 e. The Morgan fingerprint density at radius 1 is 1.25 bits per heavy atom. The highest BCUT2D eigenvalue weighted by Gasteiger charge is 2.30. The first-order valence-corrected chi connectivity index (χ1v) is 7.53. The van der Waals surface area contributed by atoms with Gasteiger partial charge in [0.2, 0.25) is 0 Å². The number of rotatable bonds is 4. The van der Waals surface area contributed by atoms with Gasteiger partial charge in [-0.05, 0) is 50.3 Å². The van der Waals surface area contributed by atoms with E-state index >= 15 is 0 Å². The zero-order chi connectivity index (χ0) is 14.8. The molecular weight excluding hydrogens is 253 g/mol. The highest BCUT2D eigenvalue weighted by atomic mass is 19.1. The second kappa shape index (κ2) is 6.23. The third-order valence-electron chi connectivity index (χ3n) is 4.01. The summed E-state index contributed by atoms with van der Waals surface area (Å²) in [4.78, 5) is 0. The zero-order valence-corrected chi connectivity index (χ0v) is 12.9. The highest BCUT2D eigenvalue weighted by molar-refractivity contribution is 5.20. The molecule has 0 spiro atoms. The molecule has 2 rings (SSSR count). The molecule has 1 fully saturated rings. The smallest absolute Gasteiger partial charge is 0.123 e. The summed E-state index contributed by atoms with van der Waals surface area (Å²) in [5.74, 6) is 0.287. The molecule has 0 radical (unpaired) electrons. The molecule has 2 unspecified atom stereocenters. The Balaban J connectivity index is 2.08. The molecule has 112 valence electrons. The molecule has 1 saturated heterocycles. The van der Waals surface area contributed by atoms with Crippen molar-refractivity contribution in [2.24, 2.45) is 5.92 Å². The van der Waals surface area contributed by atoms with Gasteiger partial charge < -0.3 is 10.1 Å². The minimum atomic E-state index is -0.177. The summed E-state index contributed by atoms with van der Waals surface area (Å²) >= 11 is 0. The van der Waals surface area contributed by atoms with Crippen LogP contribution in [-0.2, 0) is 4.74 Å². The summed E-state index contributed by atoms with van der Waals surface area (Å²) in [6.07, 6.45) is 2.05. The fraction of sp³-hybridized carbons (Fsp3) is 0.647. The Morgan fingerprint density at radius 3 is 2.45 bits per heavy atom. The van der Waals surface area contributed by atoms with Crippen molar-refractivity contribution in [3.8, 4) is 0 Å². The van der Waals surface area contributed by atoms with Gasteiger partial charge in [-0.15, -0.1) is 0 Å². The first kappa shape index (κ1) is 15.5. The van der Waals surface area contributed by atoms with E-state index in [1.54, 1.807) is 12.1 Å². The highest BCUT2D eigenvalue weighted by Crippen LogP contribution is 2.28. The molecule has 0 amide bonds. The number of hydrogen-bond donors (Lipinski definition) is 1. The van der Waals surface area contributed by atoms with E-state index in [2.05, 4.69) is 33.0 Å². The lowest BCUT2D eigenvalue weighted by molar-refractivity contribution is -0.0648. The molecular formula is C17H26FNO. The van der Waals surface area contributed by atoms with Crippen LogP contribution >= 0.6 is 0 Å². The zero-order valence-electron chi connectivity index (χ0n) is 12.9. The van der Waals surface area contributed by atoms with Crippen LogP contribution in [0.4, 0.5) is 4.39 Å². The maximum Gasteiger partial charge on any atom is 0.123 e. The molecule has 1 N–H and O–H groups in total. The molecule has 2 nitrogen and oxygen atoms in total. The van der Waals surface area contributed by atoms with Crippen molar-refractivity contribution >= 4 is 0 Å². The fourth-order valence-corrected chi connectivity index (χ4v) is 2.97. The van der Waals surface area contributed by atoms with Crippen molar-refractivity contribution in [1.82, 2.24) is 5.32 Å². The lowest BCUT2D eigenvalue weighted by Crippen LogP contribution is -2.45. The Bertz CT molecular complexity index is 427. The van der Waals surface area contributed by atoms with Crippen molar-refractivity contribution in [3.63, 3.8) is 0 Å². The predicted molar refractivity (Wildman–Crippen MR) is 80.2 cm³/mol. The minimum Gasteiger partial charge on any atom is -0.375 e. The van der Waals surface area contributed by atoms with Gasteiger partial charge in [0.15, 0.2) is 0 Å². The van der Waals surface area contributed by atoms with Gasteiger partial charge in [0.25, 0.3) is 0 Å². The van der Waals surface area contributed by atoms with Crippen molar-refractivity contribution in [2.75, 3.05) is 6.61 Å². The van der Waals surface area contributed by atoms with Gasteiger partial charge in [0.05, 0.1) is 5.60 Å². The van der Waals surface area contributed by atoms with Crippen molar-refractivity contribution < 1.29 is 9.13 Å². The lowest BCUT2D eigenvalue weighted by Gasteiger charge is -2.38. The fourth-order valence-electron chi connectivity index (χ4n) is 2.97. The first-order valence-electron chi connectivity index (χ1n) is 7.53. The van der Waals surface area contributed by atoms with Crippen LogP contribution in [0.3, 0.4) is 0 Å². The molecule has 0 bridgehead atoms. The Kier molecular flexibility index (Phi) is 4.82. The first-order chi connectivity index (χ1) is 9.37. The van der Waals surface area contributed by atoms with Crippen molar-refractivity contribution in [3.05, 3.63) is 35.6 Å². The summed E-state index contributed by atoms with van der Waals surface area (Å²) in [6.45, 7) is 9.49. The standard InChI is InChI=1S/C17H26FNO/c1-12(2)16(13-5-7-14(18)8-6-13)19-15-9-10-20-17(3,4)11-15/h5-8,12,15-16,19H,9-11H2,1-4H3. The van der Waals surface area contributed by atoms with Crippen molar-refractivity contribution in [1.29, 1.82) is 0 Å². The van der Waals surface area contributed by atoms with Crippen LogP contribution in [0, 0.1) is 11.7 Å². The number of halogens is 1. The summed E-state index contributed by atoms with van der Waals surface area (Å²) in [5, 5.41) is 3.74. The molecule has 0 saturated carbocycles. The quantitative estimate of drug-likeness (QED) is 0.897. The van der Waals surface area contributed by atoms with E-state index in [-0.39, 0.29) is 17.5 Å². The van der Waals surface area contributed by atoms with Gasteiger partial charge in [-0.3, -0.25) is 0 Å². The van der Waals surface area contributed by atoms with Crippen LogP contribution in [0.5, 0.6) is 0 Å². The average molecular weight is 279 g/mol. The van der Waals surface area contributed by atoms with Crippen LogP contribution in [0.2, 0.25) is 0 Å². The number of benzene rings is 1. The molecule has 0 aromatic heterocycles. The summed E-state index contributed by atoms with van der Waals surface area (Å²) < 4.78 is 18.8. The van der Waals surface area contributed by atoms with Gasteiger partial charge in [0, 0.05) is 18.7 Å². The summed E-state index contributed by atoms with van der Waals surface area (Å²) in [6, 6.07) is 7.57. The van der Waals surface area contributed by atoms with E-state index in [1.807, 2.05) is 12.1 Å². The maximum absolute atomic E-state index is 13.1. The van der Waals surface area contributed by atoms with Crippen LogP contribution in [-0.4, -0.2) is 18.2 Å². The molecule has 2 atom stereocenters. The van der Waals surface area contributed by atoms with E-state index in [0.29, 0.717) is 12.0 Å². The molecule has 1 aliphatic heterocycles. The third-order valence-corrected chi connectivity index (χ3v) is 4.01. The average Bonchev–Trinajstić information content (AvgIpc) is 2.36. The molecule has 1 heterocycles. The van der Waals surface area contributed by atoms with E-state index in [9.17, 15) is 4.39 Å².